The summed E-state index contributed by atoms with van der Waals surface area (Å²) in [5, 5.41) is 3.06. The van der Waals surface area contributed by atoms with Gasteiger partial charge in [-0.15, -0.1) is 0 Å². The Morgan fingerprint density at radius 3 is 1.71 bits per heavy atom. The molecular formula is C49H51ClN8O4. The van der Waals surface area contributed by atoms with Crippen LogP contribution in [0.25, 0.3) is 33.6 Å². The van der Waals surface area contributed by atoms with Gasteiger partial charge in [0.05, 0.1) is 43.0 Å². The molecule has 0 bridgehead atoms. The number of hydrogen-bond acceptors (Lipinski definition) is 7. The minimum absolute atomic E-state index is 0.0856. The molecule has 13 heteroatoms. The van der Waals surface area contributed by atoms with Crippen LogP contribution in [0, 0.1) is 0 Å². The molecule has 6 aromatic rings. The maximum atomic E-state index is 14.4. The maximum absolute atomic E-state index is 14.4. The fourth-order valence-corrected chi connectivity index (χ4v) is 9.67. The molecule has 0 aliphatic carbocycles. The van der Waals surface area contributed by atoms with E-state index >= 15 is 0 Å². The van der Waals surface area contributed by atoms with Crippen LogP contribution >= 0.6 is 11.6 Å². The van der Waals surface area contributed by atoms with Gasteiger partial charge >= 0.3 is 6.09 Å². The van der Waals surface area contributed by atoms with Crippen LogP contribution in [-0.2, 0) is 14.3 Å². The number of benzene rings is 4. The number of nitrogens with zero attached hydrogens (tertiary/aromatic N) is 5. The lowest BCUT2D eigenvalue weighted by atomic mass is 10.00. The molecule has 62 heavy (non-hydrogen) atoms. The highest BCUT2D eigenvalue weighted by molar-refractivity contribution is 6.31. The maximum Gasteiger partial charge on any atom is 0.407 e. The van der Waals surface area contributed by atoms with Crippen molar-refractivity contribution in [2.24, 2.45) is 0 Å². The summed E-state index contributed by atoms with van der Waals surface area (Å²) in [6.07, 6.45) is 9.79. The number of H-pyrrole nitrogens is 2. The summed E-state index contributed by atoms with van der Waals surface area (Å²) in [5.41, 5.74) is 7.48. The molecule has 12 nitrogen and oxygen atoms in total. The summed E-state index contributed by atoms with van der Waals surface area (Å²) in [4.78, 5) is 63.5. The van der Waals surface area contributed by atoms with E-state index in [1.165, 1.54) is 13.5 Å². The third kappa shape index (κ3) is 8.49. The number of aromatic nitrogens is 4. The summed E-state index contributed by atoms with van der Waals surface area (Å²) in [6, 6.07) is 32.3. The SMILES string of the molecule is COC(=O)N[C@@H](C(=O)N1CCC[C@H]1c1ncc(-c2ccc(-c3ccc(-c4cnc([C@@H]5CCCN5C(=O)[C@@H](c5ccccc5)N5CCCCC5)[nH]4)cc3)cc2)[nH]1)c1ccccc1Cl. The van der Waals surface area contributed by atoms with E-state index in [0.29, 0.717) is 23.0 Å². The second-order valence-corrected chi connectivity index (χ2v) is 16.8. The molecule has 2 aromatic heterocycles. The molecule has 3 amide bonds. The lowest BCUT2D eigenvalue weighted by molar-refractivity contribution is -0.139. The van der Waals surface area contributed by atoms with Gasteiger partial charge in [0.1, 0.15) is 23.7 Å². The molecule has 0 spiro atoms. The Balaban J connectivity index is 0.863. The molecule has 3 aliphatic rings. The van der Waals surface area contributed by atoms with E-state index in [1.54, 1.807) is 35.4 Å². The number of aromatic amines is 2. The van der Waals surface area contributed by atoms with Gasteiger partial charge in [-0.2, -0.15) is 0 Å². The van der Waals surface area contributed by atoms with Crippen molar-refractivity contribution in [3.05, 3.63) is 143 Å². The Bertz CT molecular complexity index is 2500. The summed E-state index contributed by atoms with van der Waals surface area (Å²) in [5.74, 6) is 1.41. The van der Waals surface area contributed by atoms with Crippen LogP contribution in [0.1, 0.15) is 91.9 Å². The second-order valence-electron chi connectivity index (χ2n) is 16.4. The van der Waals surface area contributed by atoms with Gasteiger partial charge in [-0.25, -0.2) is 14.8 Å². The Morgan fingerprint density at radius 2 is 1.16 bits per heavy atom. The molecule has 318 valence electrons. The molecular weight excluding hydrogens is 800 g/mol. The van der Waals surface area contributed by atoms with Gasteiger partial charge in [0, 0.05) is 23.7 Å². The van der Waals surface area contributed by atoms with Gasteiger partial charge in [0.25, 0.3) is 5.91 Å². The minimum Gasteiger partial charge on any atom is -0.453 e. The third-order valence-electron chi connectivity index (χ3n) is 12.6. The normalized spacial score (nSPS) is 19.0. The Morgan fingerprint density at radius 1 is 0.645 bits per heavy atom. The molecule has 4 atom stereocenters. The molecule has 0 radical (unpaired) electrons. The van der Waals surface area contributed by atoms with Gasteiger partial charge < -0.3 is 29.8 Å². The van der Waals surface area contributed by atoms with E-state index in [4.69, 9.17) is 26.3 Å². The van der Waals surface area contributed by atoms with Gasteiger partial charge in [-0.05, 0) is 85.5 Å². The van der Waals surface area contributed by atoms with Crippen molar-refractivity contribution in [3.8, 4) is 33.6 Å². The fourth-order valence-electron chi connectivity index (χ4n) is 9.42. The Labute approximate surface area is 366 Å². The van der Waals surface area contributed by atoms with Gasteiger partial charge in [0.2, 0.25) is 5.91 Å². The lowest BCUT2D eigenvalue weighted by Gasteiger charge is -2.37. The topological polar surface area (TPSA) is 140 Å². The summed E-state index contributed by atoms with van der Waals surface area (Å²) >= 11 is 6.48. The number of carbonyl (C=O) groups excluding carboxylic acids is 3. The van der Waals surface area contributed by atoms with Crippen LogP contribution in [0.4, 0.5) is 4.79 Å². The summed E-state index contributed by atoms with van der Waals surface area (Å²) < 4.78 is 4.84. The summed E-state index contributed by atoms with van der Waals surface area (Å²) in [6.45, 7) is 3.14. The van der Waals surface area contributed by atoms with Crippen molar-refractivity contribution in [2.75, 3.05) is 33.3 Å². The number of likely N-dealkylation sites (tertiary alicyclic amines) is 3. The first-order valence-corrected chi connectivity index (χ1v) is 22.0. The Kier molecular flexibility index (Phi) is 12.2. The number of amides is 3. The number of carbonyl (C=O) groups is 3. The van der Waals surface area contributed by atoms with Crippen molar-refractivity contribution in [2.45, 2.75) is 69.1 Å². The third-order valence-corrected chi connectivity index (χ3v) is 13.0. The zero-order valence-electron chi connectivity index (χ0n) is 34.8. The highest BCUT2D eigenvalue weighted by atomic mass is 35.5. The monoisotopic (exact) mass is 850 g/mol. The highest BCUT2D eigenvalue weighted by Crippen LogP contribution is 2.38. The molecule has 3 saturated heterocycles. The van der Waals surface area contributed by atoms with Crippen molar-refractivity contribution < 1.29 is 19.1 Å². The Hall–Kier alpha value is -6.24. The van der Waals surface area contributed by atoms with Crippen molar-refractivity contribution in [1.82, 2.24) is 40.0 Å². The minimum atomic E-state index is -1.01. The van der Waals surface area contributed by atoms with E-state index in [0.717, 1.165) is 103 Å². The van der Waals surface area contributed by atoms with Crippen LogP contribution in [0.5, 0.6) is 0 Å². The predicted molar refractivity (Wildman–Crippen MR) is 239 cm³/mol. The predicted octanol–water partition coefficient (Wildman–Crippen LogP) is 9.44. The zero-order chi connectivity index (χ0) is 42.6. The smallest absolute Gasteiger partial charge is 0.407 e. The first-order valence-electron chi connectivity index (χ1n) is 21.7. The van der Waals surface area contributed by atoms with Crippen LogP contribution in [0.3, 0.4) is 0 Å². The standard InChI is InChI=1S/C49H51ClN8O4/c1-62-49(61)55-43(37-14-6-7-15-38(37)50)47(59)57-28-10-16-41(57)45-51-30-39(53-45)34-22-18-32(19-23-34)33-20-24-35(25-21-33)40-31-52-46(54-40)42-17-11-29-58(42)48(60)44(36-12-4-2-5-13-36)56-26-8-3-9-27-56/h2,4-7,12-15,18-25,30-31,41-44H,3,8-11,16-17,26-29H2,1H3,(H,51,53)(H,52,54)(H,55,61)/t41-,42-,43+,44+/m0/s1. The second kappa shape index (κ2) is 18.4. The lowest BCUT2D eigenvalue weighted by Crippen LogP contribution is -2.44. The number of imidazole rings is 2. The number of nitrogens with one attached hydrogen (secondary N) is 3. The quantitative estimate of drug-likeness (QED) is 0.118. The molecule has 9 rings (SSSR count). The van der Waals surface area contributed by atoms with E-state index in [2.05, 4.69) is 85.7 Å². The first kappa shape index (κ1) is 41.1. The largest absolute Gasteiger partial charge is 0.453 e. The number of halogens is 1. The summed E-state index contributed by atoms with van der Waals surface area (Å²) in [7, 11) is 1.26. The zero-order valence-corrected chi connectivity index (χ0v) is 35.6. The molecule has 5 heterocycles. The van der Waals surface area contributed by atoms with Crippen LogP contribution in [0.2, 0.25) is 5.02 Å². The van der Waals surface area contributed by atoms with Crippen LogP contribution in [-0.4, -0.2) is 85.8 Å². The number of ether oxygens (including phenoxy) is 1. The van der Waals surface area contributed by atoms with Crippen molar-refractivity contribution in [3.63, 3.8) is 0 Å². The molecule has 4 aromatic carbocycles. The van der Waals surface area contributed by atoms with Gasteiger partial charge in [-0.1, -0.05) is 115 Å². The number of rotatable bonds is 11. The molecule has 3 fully saturated rings. The molecule has 0 saturated carbocycles. The van der Waals surface area contributed by atoms with E-state index < -0.39 is 12.1 Å². The van der Waals surface area contributed by atoms with E-state index in [1.807, 2.05) is 24.4 Å². The van der Waals surface area contributed by atoms with Crippen molar-refractivity contribution in [1.29, 1.82) is 0 Å². The highest BCUT2D eigenvalue weighted by Gasteiger charge is 2.40. The number of alkyl carbamates (subject to hydrolysis) is 1. The van der Waals surface area contributed by atoms with E-state index in [-0.39, 0.29) is 29.9 Å². The average Bonchev–Trinajstić information content (AvgIpc) is 4.17. The van der Waals surface area contributed by atoms with Crippen molar-refractivity contribution >= 4 is 29.5 Å². The number of methoxy groups -OCH3 is 1. The van der Waals surface area contributed by atoms with Gasteiger partial charge in [0.15, 0.2) is 0 Å². The number of piperidine rings is 1. The fraction of sp³-hybridized carbons (Fsp3) is 0.327. The van der Waals surface area contributed by atoms with Gasteiger partial charge in [-0.3, -0.25) is 14.5 Å². The average molecular weight is 851 g/mol. The van der Waals surface area contributed by atoms with Crippen LogP contribution < -0.4 is 5.32 Å². The van der Waals surface area contributed by atoms with E-state index in [9.17, 15) is 14.4 Å². The van der Waals surface area contributed by atoms with Crippen LogP contribution in [0.15, 0.2) is 116 Å². The first-order chi connectivity index (χ1) is 30.4. The molecule has 3 aliphatic heterocycles. The molecule has 0 unspecified atom stereocenters. The number of hydrogen-bond donors (Lipinski definition) is 3. The molecule has 3 N–H and O–H groups in total.